The molecule has 0 spiro atoms. The Morgan fingerprint density at radius 3 is 2.41 bits per heavy atom. The maximum Gasteiger partial charge on any atom is 0.253 e. The fourth-order valence-electron chi connectivity index (χ4n) is 4.18. The van der Waals surface area contributed by atoms with E-state index in [4.69, 9.17) is 32.9 Å². The van der Waals surface area contributed by atoms with E-state index >= 15 is 0 Å². The number of nitrogens with zero attached hydrogens (tertiary/aromatic N) is 1. The second kappa shape index (κ2) is 13.0. The number of amides is 1. The molecule has 4 rings (SSSR count). The van der Waals surface area contributed by atoms with Crippen molar-refractivity contribution in [2.45, 2.75) is 38.9 Å². The van der Waals surface area contributed by atoms with E-state index in [0.717, 1.165) is 11.3 Å². The van der Waals surface area contributed by atoms with Crippen LogP contribution in [0.4, 0.5) is 0 Å². The van der Waals surface area contributed by atoms with Crippen molar-refractivity contribution in [3.05, 3.63) is 116 Å². The van der Waals surface area contributed by atoms with Gasteiger partial charge in [0.1, 0.15) is 11.5 Å². The molecule has 0 saturated carbocycles. The van der Waals surface area contributed by atoms with Crippen LogP contribution in [0.1, 0.15) is 51.3 Å². The second-order valence-electron chi connectivity index (χ2n) is 9.46. The Morgan fingerprint density at radius 2 is 1.74 bits per heavy atom. The Bertz CT molecular complexity index is 1470. The molecule has 8 heteroatoms. The number of carbonyl (C=O) groups excluding carboxylic acids is 1. The van der Waals surface area contributed by atoms with Gasteiger partial charge >= 0.3 is 0 Å². The lowest BCUT2D eigenvalue weighted by atomic mass is 10.0. The number of carbonyl (C=O) groups is 1. The van der Waals surface area contributed by atoms with Gasteiger partial charge in [0.05, 0.1) is 46.4 Å². The molecule has 0 aliphatic heterocycles. The number of halogens is 2. The number of aliphatic hydroxyl groups excluding tert-OH is 1. The molecule has 0 unspecified atom stereocenters. The van der Waals surface area contributed by atoms with Gasteiger partial charge in [-0.05, 0) is 67.8 Å². The first-order valence-electron chi connectivity index (χ1n) is 12.6. The van der Waals surface area contributed by atoms with Crippen LogP contribution in [0.3, 0.4) is 0 Å². The van der Waals surface area contributed by atoms with E-state index in [1.54, 1.807) is 30.3 Å². The highest BCUT2D eigenvalue weighted by molar-refractivity contribution is 6.38. The molecule has 2 atom stereocenters. The molecule has 0 fully saturated rings. The minimum Gasteiger partial charge on any atom is -0.460 e. The van der Waals surface area contributed by atoms with Gasteiger partial charge in [0.25, 0.3) is 5.91 Å². The van der Waals surface area contributed by atoms with Crippen LogP contribution in [-0.4, -0.2) is 23.7 Å². The average Bonchev–Trinajstić information content (AvgIpc) is 3.40. The van der Waals surface area contributed by atoms with Gasteiger partial charge in [-0.15, -0.1) is 0 Å². The topological polar surface area (TPSA) is 98.3 Å². The lowest BCUT2D eigenvalue weighted by Crippen LogP contribution is -2.39. The van der Waals surface area contributed by atoms with Gasteiger partial charge in [0.2, 0.25) is 0 Å². The SMILES string of the molecule is Cc1ccc([C@@H](C)NCc2ccc(-c3cc(C(=O)N[C@@H](CO)Cc4ccc(C#N)cc4)c(Cl)cc3Cl)o2)cc1. The van der Waals surface area contributed by atoms with Gasteiger partial charge in [-0.3, -0.25) is 4.79 Å². The van der Waals surface area contributed by atoms with E-state index in [9.17, 15) is 9.90 Å². The number of hydrogen-bond donors (Lipinski definition) is 3. The first kappa shape index (κ1) is 28.4. The van der Waals surface area contributed by atoms with Crippen LogP contribution in [0.25, 0.3) is 11.3 Å². The first-order valence-corrected chi connectivity index (χ1v) is 13.3. The number of nitriles is 1. The summed E-state index contributed by atoms with van der Waals surface area (Å²) in [6.45, 7) is 4.41. The zero-order valence-corrected chi connectivity index (χ0v) is 23.2. The third-order valence-electron chi connectivity index (χ3n) is 6.51. The highest BCUT2D eigenvalue weighted by Crippen LogP contribution is 2.34. The van der Waals surface area contributed by atoms with Crippen molar-refractivity contribution in [1.82, 2.24) is 10.6 Å². The zero-order chi connectivity index (χ0) is 27.9. The van der Waals surface area contributed by atoms with Crippen molar-refractivity contribution in [3.63, 3.8) is 0 Å². The molecule has 4 aromatic rings. The molecule has 39 heavy (non-hydrogen) atoms. The van der Waals surface area contributed by atoms with E-state index in [1.807, 2.05) is 12.1 Å². The molecule has 1 amide bonds. The Kier molecular flexibility index (Phi) is 9.45. The molecule has 0 aliphatic carbocycles. The van der Waals surface area contributed by atoms with Crippen LogP contribution in [0, 0.1) is 18.3 Å². The van der Waals surface area contributed by atoms with Crippen LogP contribution in [-0.2, 0) is 13.0 Å². The number of hydrogen-bond acceptors (Lipinski definition) is 5. The number of rotatable bonds is 10. The van der Waals surface area contributed by atoms with Gasteiger partial charge in [-0.25, -0.2) is 0 Å². The monoisotopic (exact) mass is 561 g/mol. The molecule has 0 aliphatic rings. The van der Waals surface area contributed by atoms with Crippen LogP contribution < -0.4 is 10.6 Å². The van der Waals surface area contributed by atoms with Gasteiger partial charge < -0.3 is 20.2 Å². The van der Waals surface area contributed by atoms with Crippen molar-refractivity contribution < 1.29 is 14.3 Å². The number of aliphatic hydroxyl groups is 1. The van der Waals surface area contributed by atoms with Crippen LogP contribution in [0.15, 0.2) is 77.2 Å². The molecule has 1 aromatic heterocycles. The standard InChI is InChI=1S/C31H29Cl2N3O3/c1-19-3-9-23(10-4-19)20(2)35-17-25-11-12-30(39-25)26-14-27(29(33)15-28(26)32)31(38)36-24(18-37)13-21-5-7-22(16-34)8-6-21/h3-12,14-15,20,24,35,37H,13,17-18H2,1-2H3,(H,36,38)/t20-,24-/m1/s1. The molecule has 1 heterocycles. The predicted octanol–water partition coefficient (Wildman–Crippen LogP) is 6.62. The summed E-state index contributed by atoms with van der Waals surface area (Å²) in [4.78, 5) is 13.1. The van der Waals surface area contributed by atoms with E-state index in [1.165, 1.54) is 17.2 Å². The number of nitrogens with one attached hydrogen (secondary N) is 2. The Balaban J connectivity index is 1.45. The number of aryl methyl sites for hydroxylation is 1. The summed E-state index contributed by atoms with van der Waals surface area (Å²) in [5, 5.41) is 25.7. The van der Waals surface area contributed by atoms with Crippen molar-refractivity contribution in [2.75, 3.05) is 6.61 Å². The zero-order valence-electron chi connectivity index (χ0n) is 21.7. The van der Waals surface area contributed by atoms with Gasteiger partial charge in [-0.1, -0.05) is 65.2 Å². The minimum absolute atomic E-state index is 0.136. The summed E-state index contributed by atoms with van der Waals surface area (Å²) in [5.41, 5.74) is 4.58. The third kappa shape index (κ3) is 7.29. The fraction of sp³-hybridized carbons (Fsp3) is 0.226. The smallest absolute Gasteiger partial charge is 0.253 e. The summed E-state index contributed by atoms with van der Waals surface area (Å²) in [7, 11) is 0. The minimum atomic E-state index is -0.544. The van der Waals surface area contributed by atoms with Gasteiger partial charge in [0.15, 0.2) is 0 Å². The van der Waals surface area contributed by atoms with Crippen molar-refractivity contribution in [2.24, 2.45) is 0 Å². The van der Waals surface area contributed by atoms with E-state index in [0.29, 0.717) is 34.9 Å². The summed E-state index contributed by atoms with van der Waals surface area (Å²) in [6, 6.07) is 23.8. The molecular weight excluding hydrogens is 533 g/mol. The van der Waals surface area contributed by atoms with Crippen molar-refractivity contribution in [1.29, 1.82) is 5.26 Å². The highest BCUT2D eigenvalue weighted by atomic mass is 35.5. The summed E-state index contributed by atoms with van der Waals surface area (Å²) in [5.74, 6) is 0.802. The van der Waals surface area contributed by atoms with Crippen molar-refractivity contribution >= 4 is 29.1 Å². The molecule has 3 N–H and O–H groups in total. The molecule has 0 radical (unpaired) electrons. The first-order chi connectivity index (χ1) is 18.8. The Morgan fingerprint density at radius 1 is 1.03 bits per heavy atom. The summed E-state index contributed by atoms with van der Waals surface area (Å²) in [6.07, 6.45) is 0.390. The normalized spacial score (nSPS) is 12.5. The number of furan rings is 1. The lowest BCUT2D eigenvalue weighted by molar-refractivity contribution is 0.0916. The van der Waals surface area contributed by atoms with Crippen molar-refractivity contribution in [3.8, 4) is 17.4 Å². The highest BCUT2D eigenvalue weighted by Gasteiger charge is 2.20. The van der Waals surface area contributed by atoms with E-state index in [-0.39, 0.29) is 23.2 Å². The molecule has 0 bridgehead atoms. The Hall–Kier alpha value is -3.60. The van der Waals surface area contributed by atoms with E-state index in [2.05, 4.69) is 54.8 Å². The van der Waals surface area contributed by atoms with Crippen LogP contribution in [0.2, 0.25) is 10.0 Å². The maximum atomic E-state index is 13.1. The largest absolute Gasteiger partial charge is 0.460 e. The second-order valence-corrected chi connectivity index (χ2v) is 10.3. The average molecular weight is 562 g/mol. The fourth-order valence-corrected chi connectivity index (χ4v) is 4.74. The molecule has 200 valence electrons. The quantitative estimate of drug-likeness (QED) is 0.202. The third-order valence-corrected chi connectivity index (χ3v) is 7.13. The molecular formula is C31H29Cl2N3O3. The molecule has 0 saturated heterocycles. The predicted molar refractivity (Wildman–Crippen MR) is 154 cm³/mol. The lowest BCUT2D eigenvalue weighted by Gasteiger charge is -2.17. The summed E-state index contributed by atoms with van der Waals surface area (Å²) >= 11 is 12.9. The van der Waals surface area contributed by atoms with E-state index < -0.39 is 11.9 Å². The van der Waals surface area contributed by atoms with Crippen LogP contribution >= 0.6 is 23.2 Å². The molecule has 6 nitrogen and oxygen atoms in total. The van der Waals surface area contributed by atoms with Gasteiger partial charge in [0, 0.05) is 11.6 Å². The van der Waals surface area contributed by atoms with Gasteiger partial charge in [-0.2, -0.15) is 5.26 Å². The summed E-state index contributed by atoms with van der Waals surface area (Å²) < 4.78 is 6.05. The van der Waals surface area contributed by atoms with Crippen LogP contribution in [0.5, 0.6) is 0 Å². The maximum absolute atomic E-state index is 13.1. The number of benzene rings is 3. The Labute approximate surface area is 238 Å². The molecule has 3 aromatic carbocycles.